The van der Waals surface area contributed by atoms with Crippen LogP contribution in [0.5, 0.6) is 5.75 Å². The summed E-state index contributed by atoms with van der Waals surface area (Å²) in [5.74, 6) is 0.279. The summed E-state index contributed by atoms with van der Waals surface area (Å²) in [6.45, 7) is 6.70. The van der Waals surface area contributed by atoms with E-state index in [2.05, 4.69) is 15.9 Å². The van der Waals surface area contributed by atoms with Crippen LogP contribution in [0.3, 0.4) is 0 Å². The fourth-order valence-electron chi connectivity index (χ4n) is 2.44. The third-order valence-corrected chi connectivity index (χ3v) is 5.17. The molecule has 1 heterocycles. The van der Waals surface area contributed by atoms with Crippen LogP contribution in [-0.2, 0) is 12.0 Å². The van der Waals surface area contributed by atoms with E-state index in [4.69, 9.17) is 0 Å². The lowest BCUT2D eigenvalue weighted by Crippen LogP contribution is -2.17. The van der Waals surface area contributed by atoms with E-state index in [9.17, 15) is 9.90 Å². The number of halogens is 1. The molecular weight excluding hydrogens is 374 g/mol. The number of phenols is 1. The SMILES string of the molecule is CN(C)Cc1cc(C(=O)c2ccc(Br)s2)cc(C(C)(C)C)c1O. The summed E-state index contributed by atoms with van der Waals surface area (Å²) in [5, 5.41) is 10.6. The molecule has 2 rings (SSSR count). The maximum atomic E-state index is 12.8. The van der Waals surface area contributed by atoms with E-state index < -0.39 is 0 Å². The standard InChI is InChI=1S/C18H22BrNO2S/c1-18(2,3)13-9-11(8-12(16(13)21)10-20(4)5)17(22)14-6-7-15(19)23-14/h6-9,21H,10H2,1-5H3. The number of thiophene rings is 1. The van der Waals surface area contributed by atoms with E-state index in [-0.39, 0.29) is 16.9 Å². The minimum atomic E-state index is -0.239. The normalized spacial score (nSPS) is 12.0. The van der Waals surface area contributed by atoms with Crippen molar-refractivity contribution in [3.8, 4) is 5.75 Å². The molecule has 0 saturated carbocycles. The monoisotopic (exact) mass is 395 g/mol. The highest BCUT2D eigenvalue weighted by Gasteiger charge is 2.24. The topological polar surface area (TPSA) is 40.5 Å². The molecule has 1 aromatic carbocycles. The van der Waals surface area contributed by atoms with Gasteiger partial charge in [-0.15, -0.1) is 11.3 Å². The fraction of sp³-hybridized carbons (Fsp3) is 0.389. The molecule has 0 unspecified atom stereocenters. The van der Waals surface area contributed by atoms with E-state index in [1.807, 2.05) is 58.0 Å². The molecule has 0 bridgehead atoms. The maximum absolute atomic E-state index is 12.8. The van der Waals surface area contributed by atoms with Crippen LogP contribution in [0.4, 0.5) is 0 Å². The second-order valence-corrected chi connectivity index (χ2v) is 9.42. The molecule has 0 saturated heterocycles. The van der Waals surface area contributed by atoms with Gasteiger partial charge in [-0.2, -0.15) is 0 Å². The second-order valence-electron chi connectivity index (χ2n) is 6.95. The number of phenolic OH excluding ortho intramolecular Hbond substituents is 1. The van der Waals surface area contributed by atoms with Crippen molar-refractivity contribution in [3.63, 3.8) is 0 Å². The Morgan fingerprint density at radius 3 is 2.39 bits per heavy atom. The first-order chi connectivity index (χ1) is 10.6. The molecule has 3 nitrogen and oxygen atoms in total. The van der Waals surface area contributed by atoms with E-state index >= 15 is 0 Å². The van der Waals surface area contributed by atoms with Crippen LogP contribution in [-0.4, -0.2) is 29.9 Å². The van der Waals surface area contributed by atoms with Crippen LogP contribution in [0.25, 0.3) is 0 Å². The van der Waals surface area contributed by atoms with Crippen LogP contribution < -0.4 is 0 Å². The predicted molar refractivity (Wildman–Crippen MR) is 99.6 cm³/mol. The molecule has 0 amide bonds. The summed E-state index contributed by atoms with van der Waals surface area (Å²) < 4.78 is 0.934. The molecule has 0 aliphatic rings. The van der Waals surface area contributed by atoms with Crippen molar-refractivity contribution in [2.75, 3.05) is 14.1 Å². The van der Waals surface area contributed by atoms with Crippen molar-refractivity contribution >= 4 is 33.0 Å². The van der Waals surface area contributed by atoms with Gasteiger partial charge >= 0.3 is 0 Å². The Morgan fingerprint density at radius 1 is 1.26 bits per heavy atom. The maximum Gasteiger partial charge on any atom is 0.203 e. The van der Waals surface area contributed by atoms with Gasteiger partial charge in [0, 0.05) is 23.2 Å². The van der Waals surface area contributed by atoms with Crippen LogP contribution in [0.15, 0.2) is 28.1 Å². The average Bonchev–Trinajstić information content (AvgIpc) is 2.85. The third-order valence-electron chi connectivity index (χ3n) is 3.54. The summed E-state index contributed by atoms with van der Waals surface area (Å²) in [6, 6.07) is 7.33. The molecule has 0 atom stereocenters. The number of carbonyl (C=O) groups excluding carboxylic acids is 1. The molecule has 124 valence electrons. The molecular formula is C18H22BrNO2S. The van der Waals surface area contributed by atoms with Gasteiger partial charge in [-0.05, 0) is 59.7 Å². The number of ketones is 1. The molecule has 0 aliphatic heterocycles. The van der Waals surface area contributed by atoms with Crippen molar-refractivity contribution in [1.29, 1.82) is 0 Å². The summed E-state index contributed by atoms with van der Waals surface area (Å²) in [4.78, 5) is 15.5. The van der Waals surface area contributed by atoms with E-state index in [0.29, 0.717) is 17.0 Å². The molecule has 2 aromatic rings. The van der Waals surface area contributed by atoms with E-state index in [1.165, 1.54) is 11.3 Å². The largest absolute Gasteiger partial charge is 0.507 e. The average molecular weight is 396 g/mol. The Labute approximate surface area is 150 Å². The quantitative estimate of drug-likeness (QED) is 0.755. The Morgan fingerprint density at radius 2 is 1.91 bits per heavy atom. The van der Waals surface area contributed by atoms with Crippen molar-refractivity contribution in [3.05, 3.63) is 49.6 Å². The first kappa shape index (κ1) is 18.2. The molecule has 0 fully saturated rings. The van der Waals surface area contributed by atoms with Gasteiger partial charge in [0.15, 0.2) is 0 Å². The van der Waals surface area contributed by atoms with Gasteiger partial charge in [0.1, 0.15) is 5.75 Å². The Kier molecular flexibility index (Phi) is 5.33. The fourth-order valence-corrected chi connectivity index (χ4v) is 3.79. The number of nitrogens with zero attached hydrogens (tertiary/aromatic N) is 1. The van der Waals surface area contributed by atoms with Crippen LogP contribution in [0.2, 0.25) is 0 Å². The minimum absolute atomic E-state index is 0.00814. The summed E-state index contributed by atoms with van der Waals surface area (Å²) in [5.41, 5.74) is 1.97. The highest BCUT2D eigenvalue weighted by Crippen LogP contribution is 2.36. The number of aromatic hydroxyl groups is 1. The predicted octanol–water partition coefficient (Wildman–Crippen LogP) is 4.81. The zero-order chi connectivity index (χ0) is 17.4. The first-order valence-corrected chi connectivity index (χ1v) is 9.01. The number of carbonyl (C=O) groups is 1. The van der Waals surface area contributed by atoms with Gasteiger partial charge in [0.2, 0.25) is 5.78 Å². The molecule has 1 aromatic heterocycles. The van der Waals surface area contributed by atoms with Gasteiger partial charge in [-0.3, -0.25) is 4.79 Å². The van der Waals surface area contributed by atoms with Crippen LogP contribution in [0.1, 0.15) is 47.1 Å². The van der Waals surface area contributed by atoms with Crippen molar-refractivity contribution in [2.45, 2.75) is 32.7 Å². The highest BCUT2D eigenvalue weighted by atomic mass is 79.9. The lowest BCUT2D eigenvalue weighted by Gasteiger charge is -2.24. The zero-order valence-electron chi connectivity index (χ0n) is 14.1. The highest BCUT2D eigenvalue weighted by molar-refractivity contribution is 9.11. The van der Waals surface area contributed by atoms with Gasteiger partial charge in [0.25, 0.3) is 0 Å². The summed E-state index contributed by atoms with van der Waals surface area (Å²) in [6.07, 6.45) is 0. The molecule has 0 radical (unpaired) electrons. The minimum Gasteiger partial charge on any atom is -0.507 e. The number of rotatable bonds is 4. The first-order valence-electron chi connectivity index (χ1n) is 7.40. The second kappa shape index (κ2) is 6.75. The Balaban J connectivity index is 2.57. The lowest BCUT2D eigenvalue weighted by molar-refractivity contribution is 0.104. The van der Waals surface area contributed by atoms with Crippen molar-refractivity contribution < 1.29 is 9.90 Å². The Bertz CT molecular complexity index is 729. The zero-order valence-corrected chi connectivity index (χ0v) is 16.5. The number of hydrogen-bond acceptors (Lipinski definition) is 4. The number of hydrogen-bond donors (Lipinski definition) is 1. The lowest BCUT2D eigenvalue weighted by atomic mass is 9.83. The molecule has 5 heteroatoms. The van der Waals surface area contributed by atoms with E-state index in [0.717, 1.165) is 14.9 Å². The molecule has 23 heavy (non-hydrogen) atoms. The smallest absolute Gasteiger partial charge is 0.203 e. The Hall–Kier alpha value is -1.17. The molecule has 0 aliphatic carbocycles. The van der Waals surface area contributed by atoms with Gasteiger partial charge in [0.05, 0.1) is 8.66 Å². The number of benzene rings is 1. The van der Waals surface area contributed by atoms with Crippen LogP contribution >= 0.6 is 27.3 Å². The summed E-state index contributed by atoms with van der Waals surface area (Å²) >= 11 is 4.82. The summed E-state index contributed by atoms with van der Waals surface area (Å²) in [7, 11) is 3.89. The van der Waals surface area contributed by atoms with Gasteiger partial charge < -0.3 is 10.0 Å². The van der Waals surface area contributed by atoms with Gasteiger partial charge in [-0.1, -0.05) is 20.8 Å². The molecule has 1 N–H and O–H groups in total. The molecule has 0 spiro atoms. The van der Waals surface area contributed by atoms with Gasteiger partial charge in [-0.25, -0.2) is 0 Å². The van der Waals surface area contributed by atoms with E-state index in [1.54, 1.807) is 6.07 Å². The van der Waals surface area contributed by atoms with Crippen molar-refractivity contribution in [2.24, 2.45) is 0 Å². The third kappa shape index (κ3) is 4.22. The van der Waals surface area contributed by atoms with Crippen LogP contribution in [0, 0.1) is 0 Å². The van der Waals surface area contributed by atoms with Crippen molar-refractivity contribution in [1.82, 2.24) is 4.90 Å².